The minimum atomic E-state index is -0.374. The van der Waals surface area contributed by atoms with E-state index in [1.807, 2.05) is 0 Å². The number of rotatable bonds is 1. The molecule has 0 rings (SSSR count). The number of hydrogen-bond acceptors (Lipinski definition) is 0. The molecule has 0 aromatic heterocycles. The largest absolute Gasteiger partial charge is 0.171 e. The van der Waals surface area contributed by atoms with Crippen LogP contribution in [0.4, 0.5) is 0 Å². The maximum absolute atomic E-state index is 5.56. The molecule has 0 amide bonds. The molecule has 0 aromatic rings. The Hall–Kier alpha value is 0.247. The Labute approximate surface area is 58.5 Å². The van der Waals surface area contributed by atoms with Crippen LogP contribution in [0.3, 0.4) is 0 Å². The fourth-order valence-electron chi connectivity index (χ4n) is 0.398. The van der Waals surface area contributed by atoms with Crippen molar-refractivity contribution in [1.82, 2.24) is 0 Å². The predicted molar refractivity (Wildman–Crippen MR) is 43.0 cm³/mol. The van der Waals surface area contributed by atoms with Crippen molar-refractivity contribution in [3.8, 4) is 0 Å². The van der Waals surface area contributed by atoms with Gasteiger partial charge in [-0.3, -0.25) is 0 Å². The highest BCUT2D eigenvalue weighted by Gasteiger charge is 2.01. The van der Waals surface area contributed by atoms with E-state index in [0.29, 0.717) is 5.41 Å². The Kier molecular flexibility index (Phi) is 3.41. The van der Waals surface area contributed by atoms with Gasteiger partial charge in [0.05, 0.1) is 0 Å². The first-order valence-corrected chi connectivity index (χ1v) is 5.75. The van der Waals surface area contributed by atoms with E-state index >= 15 is 0 Å². The van der Waals surface area contributed by atoms with E-state index in [-0.39, 0.29) is 8.83 Å². The summed E-state index contributed by atoms with van der Waals surface area (Å²) < 4.78 is 0. The zero-order chi connectivity index (χ0) is 6.62. The van der Waals surface area contributed by atoms with Crippen molar-refractivity contribution in [2.24, 2.45) is 5.41 Å². The maximum Gasteiger partial charge on any atom is 0.148 e. The molecular formula is C6H13ClSi. The summed E-state index contributed by atoms with van der Waals surface area (Å²) in [4.78, 5) is 0. The minimum Gasteiger partial charge on any atom is -0.171 e. The molecule has 0 spiro atoms. The van der Waals surface area contributed by atoms with Crippen molar-refractivity contribution in [2.75, 3.05) is 0 Å². The van der Waals surface area contributed by atoms with Crippen LogP contribution in [0.5, 0.6) is 0 Å². The molecule has 0 radical (unpaired) electrons. The van der Waals surface area contributed by atoms with Gasteiger partial charge in [-0.1, -0.05) is 32.5 Å². The SMILES string of the molecule is CC(C)(C)C=C[SiH2]Cl. The van der Waals surface area contributed by atoms with Gasteiger partial charge in [-0.25, -0.2) is 0 Å². The van der Waals surface area contributed by atoms with Crippen molar-refractivity contribution < 1.29 is 0 Å². The second kappa shape index (κ2) is 3.31. The molecule has 0 heterocycles. The van der Waals surface area contributed by atoms with Gasteiger partial charge >= 0.3 is 0 Å². The monoisotopic (exact) mass is 148 g/mol. The third kappa shape index (κ3) is 6.25. The molecule has 0 aliphatic rings. The Morgan fingerprint density at radius 3 is 2.00 bits per heavy atom. The first-order valence-electron chi connectivity index (χ1n) is 2.80. The summed E-state index contributed by atoms with van der Waals surface area (Å²) in [6.45, 7) is 6.51. The maximum atomic E-state index is 5.56. The van der Waals surface area contributed by atoms with Gasteiger partial charge in [-0.15, -0.1) is 0 Å². The van der Waals surface area contributed by atoms with Gasteiger partial charge in [0.1, 0.15) is 8.83 Å². The molecule has 48 valence electrons. The normalized spacial score (nSPS) is 14.5. The van der Waals surface area contributed by atoms with Gasteiger partial charge in [-0.2, -0.15) is 11.1 Å². The highest BCUT2D eigenvalue weighted by atomic mass is 35.6. The molecular weight excluding hydrogens is 136 g/mol. The van der Waals surface area contributed by atoms with Crippen LogP contribution in [0.2, 0.25) is 0 Å². The number of hydrogen-bond donors (Lipinski definition) is 0. The van der Waals surface area contributed by atoms with E-state index < -0.39 is 0 Å². The molecule has 0 fully saturated rings. The number of allylic oxidation sites excluding steroid dienone is 1. The molecule has 0 aliphatic carbocycles. The van der Waals surface area contributed by atoms with E-state index in [1.54, 1.807) is 0 Å². The summed E-state index contributed by atoms with van der Waals surface area (Å²) in [5.41, 5.74) is 2.43. The molecule has 0 aliphatic heterocycles. The zero-order valence-corrected chi connectivity index (χ0v) is 7.91. The van der Waals surface area contributed by atoms with Crippen LogP contribution < -0.4 is 0 Å². The molecule has 0 N–H and O–H groups in total. The lowest BCUT2D eigenvalue weighted by Gasteiger charge is -2.09. The lowest BCUT2D eigenvalue weighted by Crippen LogP contribution is -1.98. The topological polar surface area (TPSA) is 0 Å². The van der Waals surface area contributed by atoms with Gasteiger partial charge in [-0.05, 0) is 5.41 Å². The van der Waals surface area contributed by atoms with Crippen molar-refractivity contribution in [2.45, 2.75) is 20.8 Å². The van der Waals surface area contributed by atoms with Crippen molar-refractivity contribution in [1.29, 1.82) is 0 Å². The van der Waals surface area contributed by atoms with E-state index in [0.717, 1.165) is 0 Å². The summed E-state index contributed by atoms with van der Waals surface area (Å²) in [6.07, 6.45) is 2.17. The van der Waals surface area contributed by atoms with Gasteiger partial charge < -0.3 is 0 Å². The van der Waals surface area contributed by atoms with Crippen LogP contribution in [0.1, 0.15) is 20.8 Å². The third-order valence-electron chi connectivity index (χ3n) is 0.707. The van der Waals surface area contributed by atoms with E-state index in [9.17, 15) is 0 Å². The highest BCUT2D eigenvalue weighted by Crippen LogP contribution is 2.13. The Bertz CT molecular complexity index is 81.0. The molecule has 2 heteroatoms. The third-order valence-corrected chi connectivity index (χ3v) is 1.66. The summed E-state index contributed by atoms with van der Waals surface area (Å²) in [5, 5.41) is 0. The Balaban J connectivity index is 3.52. The van der Waals surface area contributed by atoms with Gasteiger partial charge in [0.15, 0.2) is 0 Å². The highest BCUT2D eigenvalue weighted by molar-refractivity contribution is 6.96. The fraction of sp³-hybridized carbons (Fsp3) is 0.667. The summed E-state index contributed by atoms with van der Waals surface area (Å²) >= 11 is 5.56. The zero-order valence-electron chi connectivity index (χ0n) is 5.74. The van der Waals surface area contributed by atoms with Crippen LogP contribution >= 0.6 is 11.1 Å². The molecule has 0 nitrogen and oxygen atoms in total. The first kappa shape index (κ1) is 8.25. The first-order chi connectivity index (χ1) is 3.56. The second-order valence-electron chi connectivity index (χ2n) is 2.92. The predicted octanol–water partition coefficient (Wildman–Crippen LogP) is 1.87. The van der Waals surface area contributed by atoms with Gasteiger partial charge in [0, 0.05) is 0 Å². The molecule has 0 unspecified atom stereocenters. The van der Waals surface area contributed by atoms with Crippen molar-refractivity contribution in [3.63, 3.8) is 0 Å². The molecule has 0 saturated heterocycles. The standard InChI is InChI=1S/C6H13ClSi/c1-6(2,3)4-5-8-7/h4-5H,8H2,1-3H3. The number of halogens is 1. The van der Waals surface area contributed by atoms with Crippen molar-refractivity contribution >= 4 is 19.9 Å². The van der Waals surface area contributed by atoms with Crippen LogP contribution in [0.25, 0.3) is 0 Å². The van der Waals surface area contributed by atoms with E-state index in [1.165, 1.54) is 0 Å². The smallest absolute Gasteiger partial charge is 0.148 e. The van der Waals surface area contributed by atoms with Crippen LogP contribution in [-0.2, 0) is 0 Å². The average molecular weight is 149 g/mol. The molecule has 0 atom stereocenters. The molecule has 8 heavy (non-hydrogen) atoms. The average Bonchev–Trinajstić information content (AvgIpc) is 1.59. The molecule has 0 saturated carbocycles. The van der Waals surface area contributed by atoms with Crippen LogP contribution in [-0.4, -0.2) is 8.83 Å². The van der Waals surface area contributed by atoms with Crippen LogP contribution in [0, 0.1) is 5.41 Å². The van der Waals surface area contributed by atoms with Gasteiger partial charge in [0.25, 0.3) is 0 Å². The fourth-order valence-corrected chi connectivity index (χ4v) is 1.46. The summed E-state index contributed by atoms with van der Waals surface area (Å²) in [6, 6.07) is 0. The van der Waals surface area contributed by atoms with Crippen LogP contribution in [0.15, 0.2) is 11.8 Å². The van der Waals surface area contributed by atoms with Crippen molar-refractivity contribution in [3.05, 3.63) is 11.8 Å². The lowest BCUT2D eigenvalue weighted by molar-refractivity contribution is 0.545. The van der Waals surface area contributed by atoms with E-state index in [2.05, 4.69) is 32.5 Å². The summed E-state index contributed by atoms with van der Waals surface area (Å²) in [7, 11) is -0.374. The second-order valence-corrected chi connectivity index (χ2v) is 4.63. The van der Waals surface area contributed by atoms with Gasteiger partial charge in [0.2, 0.25) is 0 Å². The molecule has 0 aromatic carbocycles. The Morgan fingerprint density at radius 2 is 1.88 bits per heavy atom. The summed E-state index contributed by atoms with van der Waals surface area (Å²) in [5.74, 6) is 0. The molecule has 0 bridgehead atoms. The van der Waals surface area contributed by atoms with E-state index in [4.69, 9.17) is 11.1 Å². The Morgan fingerprint density at radius 1 is 1.38 bits per heavy atom. The lowest BCUT2D eigenvalue weighted by atomic mass is 9.98. The minimum absolute atomic E-state index is 0.321. The quantitative estimate of drug-likeness (QED) is 0.394.